The molecule has 1 aliphatic rings. The SMILES string of the molecule is C[C@H](C(=O)Nc1ccc(Br)cc1F)N1CCCC1. The van der Waals surface area contributed by atoms with Crippen molar-refractivity contribution in [3.8, 4) is 0 Å². The maximum atomic E-state index is 13.6. The number of nitrogens with one attached hydrogen (secondary N) is 1. The van der Waals surface area contributed by atoms with Gasteiger partial charge in [-0.2, -0.15) is 0 Å². The first kappa shape index (κ1) is 13.5. The molecular formula is C13H16BrFN2O. The lowest BCUT2D eigenvalue weighted by molar-refractivity contribution is -0.120. The molecule has 0 unspecified atom stereocenters. The molecular weight excluding hydrogens is 299 g/mol. The predicted molar refractivity (Wildman–Crippen MR) is 73.0 cm³/mol. The number of hydrogen-bond donors (Lipinski definition) is 1. The summed E-state index contributed by atoms with van der Waals surface area (Å²) in [5.74, 6) is -0.579. The van der Waals surface area contributed by atoms with Crippen LogP contribution in [0.2, 0.25) is 0 Å². The number of rotatable bonds is 3. The fourth-order valence-electron chi connectivity index (χ4n) is 2.12. The summed E-state index contributed by atoms with van der Waals surface area (Å²) in [5.41, 5.74) is 0.231. The van der Waals surface area contributed by atoms with Gasteiger partial charge in [0.05, 0.1) is 11.7 Å². The first-order valence-electron chi connectivity index (χ1n) is 6.08. The molecule has 98 valence electrons. The first-order valence-corrected chi connectivity index (χ1v) is 6.87. The number of carbonyl (C=O) groups is 1. The standard InChI is InChI=1S/C13H16BrFN2O/c1-9(17-6-2-3-7-17)13(18)16-12-5-4-10(14)8-11(12)15/h4-5,8-9H,2-3,6-7H2,1H3,(H,16,18)/t9-/m1/s1. The highest BCUT2D eigenvalue weighted by Crippen LogP contribution is 2.20. The van der Waals surface area contributed by atoms with E-state index in [4.69, 9.17) is 0 Å². The van der Waals surface area contributed by atoms with Gasteiger partial charge in [-0.3, -0.25) is 9.69 Å². The molecule has 1 atom stereocenters. The molecule has 3 nitrogen and oxygen atoms in total. The van der Waals surface area contributed by atoms with Crippen LogP contribution in [0.5, 0.6) is 0 Å². The van der Waals surface area contributed by atoms with Crippen LogP contribution in [0.3, 0.4) is 0 Å². The number of carbonyl (C=O) groups excluding carboxylic acids is 1. The fraction of sp³-hybridized carbons (Fsp3) is 0.462. The molecule has 1 heterocycles. The third-order valence-corrected chi connectivity index (χ3v) is 3.75. The maximum absolute atomic E-state index is 13.6. The Bertz CT molecular complexity index is 447. The summed E-state index contributed by atoms with van der Waals surface area (Å²) < 4.78 is 14.3. The van der Waals surface area contributed by atoms with Crippen molar-refractivity contribution in [2.75, 3.05) is 18.4 Å². The highest BCUT2D eigenvalue weighted by Gasteiger charge is 2.24. The lowest BCUT2D eigenvalue weighted by Gasteiger charge is -2.22. The van der Waals surface area contributed by atoms with E-state index in [0.717, 1.165) is 25.9 Å². The van der Waals surface area contributed by atoms with Crippen LogP contribution >= 0.6 is 15.9 Å². The van der Waals surface area contributed by atoms with Crippen LogP contribution < -0.4 is 5.32 Å². The number of anilines is 1. The lowest BCUT2D eigenvalue weighted by atomic mass is 10.2. The van der Waals surface area contributed by atoms with Gasteiger partial charge in [0.15, 0.2) is 0 Å². The molecule has 5 heteroatoms. The van der Waals surface area contributed by atoms with E-state index in [1.165, 1.54) is 6.07 Å². The van der Waals surface area contributed by atoms with Gasteiger partial charge in [-0.25, -0.2) is 4.39 Å². The van der Waals surface area contributed by atoms with Crippen molar-refractivity contribution >= 4 is 27.5 Å². The van der Waals surface area contributed by atoms with Crippen molar-refractivity contribution < 1.29 is 9.18 Å². The monoisotopic (exact) mass is 314 g/mol. The minimum atomic E-state index is -0.425. The van der Waals surface area contributed by atoms with Gasteiger partial charge in [-0.1, -0.05) is 15.9 Å². The molecule has 1 N–H and O–H groups in total. The summed E-state index contributed by atoms with van der Waals surface area (Å²) in [5, 5.41) is 2.64. The van der Waals surface area contributed by atoms with Crippen molar-refractivity contribution in [1.29, 1.82) is 0 Å². The van der Waals surface area contributed by atoms with Crippen molar-refractivity contribution in [2.24, 2.45) is 0 Å². The molecule has 0 radical (unpaired) electrons. The summed E-state index contributed by atoms with van der Waals surface area (Å²) in [7, 11) is 0. The Hall–Kier alpha value is -0.940. The van der Waals surface area contributed by atoms with E-state index in [9.17, 15) is 9.18 Å². The highest BCUT2D eigenvalue weighted by molar-refractivity contribution is 9.10. The summed E-state index contributed by atoms with van der Waals surface area (Å²) in [4.78, 5) is 14.1. The van der Waals surface area contributed by atoms with Gasteiger partial charge in [0.1, 0.15) is 5.82 Å². The van der Waals surface area contributed by atoms with Gasteiger partial charge in [-0.05, 0) is 51.1 Å². The maximum Gasteiger partial charge on any atom is 0.241 e. The molecule has 0 aromatic heterocycles. The Morgan fingerprint density at radius 2 is 2.11 bits per heavy atom. The Balaban J connectivity index is 2.01. The molecule has 0 aliphatic carbocycles. The quantitative estimate of drug-likeness (QED) is 0.930. The lowest BCUT2D eigenvalue weighted by Crippen LogP contribution is -2.40. The molecule has 0 saturated carbocycles. The molecule has 18 heavy (non-hydrogen) atoms. The number of hydrogen-bond acceptors (Lipinski definition) is 2. The Kier molecular flexibility index (Phi) is 4.35. The predicted octanol–water partition coefficient (Wildman–Crippen LogP) is 3.01. The Morgan fingerprint density at radius 3 is 2.72 bits per heavy atom. The van der Waals surface area contributed by atoms with Crippen LogP contribution in [-0.4, -0.2) is 29.9 Å². The van der Waals surface area contributed by atoms with Gasteiger partial charge in [-0.15, -0.1) is 0 Å². The van der Waals surface area contributed by atoms with Crippen LogP contribution in [0.1, 0.15) is 19.8 Å². The average Bonchev–Trinajstić information content (AvgIpc) is 2.85. The Morgan fingerprint density at radius 1 is 1.44 bits per heavy atom. The largest absolute Gasteiger partial charge is 0.322 e. The van der Waals surface area contributed by atoms with E-state index < -0.39 is 5.82 Å². The molecule has 1 aromatic carbocycles. The van der Waals surface area contributed by atoms with Gasteiger partial charge < -0.3 is 5.32 Å². The van der Waals surface area contributed by atoms with Crippen molar-refractivity contribution in [1.82, 2.24) is 4.90 Å². The topological polar surface area (TPSA) is 32.3 Å². The molecule has 2 rings (SSSR count). The summed E-state index contributed by atoms with van der Waals surface area (Å²) in [6.07, 6.45) is 2.26. The zero-order chi connectivity index (χ0) is 13.1. The van der Waals surface area contributed by atoms with Crippen molar-refractivity contribution in [2.45, 2.75) is 25.8 Å². The van der Waals surface area contributed by atoms with Crippen LogP contribution in [0.4, 0.5) is 10.1 Å². The van der Waals surface area contributed by atoms with Crippen LogP contribution in [0.15, 0.2) is 22.7 Å². The number of benzene rings is 1. The third kappa shape index (κ3) is 3.09. The van der Waals surface area contributed by atoms with E-state index >= 15 is 0 Å². The second kappa shape index (κ2) is 5.80. The normalized spacial score (nSPS) is 17.7. The van der Waals surface area contributed by atoms with Crippen LogP contribution in [0, 0.1) is 5.82 Å². The second-order valence-corrected chi connectivity index (χ2v) is 5.45. The first-order chi connectivity index (χ1) is 8.58. The van der Waals surface area contributed by atoms with Gasteiger partial charge >= 0.3 is 0 Å². The smallest absolute Gasteiger partial charge is 0.241 e. The number of likely N-dealkylation sites (tertiary alicyclic amines) is 1. The van der Waals surface area contributed by atoms with Crippen LogP contribution in [-0.2, 0) is 4.79 Å². The minimum Gasteiger partial charge on any atom is -0.322 e. The molecule has 0 spiro atoms. The molecule has 1 aromatic rings. The van der Waals surface area contributed by atoms with E-state index in [1.807, 2.05) is 6.92 Å². The van der Waals surface area contributed by atoms with Crippen LogP contribution in [0.25, 0.3) is 0 Å². The summed E-state index contributed by atoms with van der Waals surface area (Å²) in [6, 6.07) is 4.40. The fourth-order valence-corrected chi connectivity index (χ4v) is 2.46. The zero-order valence-corrected chi connectivity index (χ0v) is 11.8. The number of halogens is 2. The highest BCUT2D eigenvalue weighted by atomic mass is 79.9. The zero-order valence-electron chi connectivity index (χ0n) is 10.2. The van der Waals surface area contributed by atoms with Gasteiger partial charge in [0.2, 0.25) is 5.91 Å². The molecule has 1 aliphatic heterocycles. The van der Waals surface area contributed by atoms with Gasteiger partial charge in [0, 0.05) is 4.47 Å². The van der Waals surface area contributed by atoms with E-state index in [2.05, 4.69) is 26.1 Å². The number of amides is 1. The molecule has 1 fully saturated rings. The van der Waals surface area contributed by atoms with Gasteiger partial charge in [0.25, 0.3) is 0 Å². The molecule has 0 bridgehead atoms. The average molecular weight is 315 g/mol. The summed E-state index contributed by atoms with van der Waals surface area (Å²) in [6.45, 7) is 3.74. The summed E-state index contributed by atoms with van der Waals surface area (Å²) >= 11 is 3.18. The Labute approximate surface area is 114 Å². The van der Waals surface area contributed by atoms with Crippen molar-refractivity contribution in [3.63, 3.8) is 0 Å². The second-order valence-electron chi connectivity index (χ2n) is 4.53. The van der Waals surface area contributed by atoms with E-state index in [-0.39, 0.29) is 17.6 Å². The molecule has 1 amide bonds. The molecule has 1 saturated heterocycles. The minimum absolute atomic E-state index is 0.155. The van der Waals surface area contributed by atoms with E-state index in [0.29, 0.717) is 4.47 Å². The number of nitrogens with zero attached hydrogens (tertiary/aromatic N) is 1. The third-order valence-electron chi connectivity index (χ3n) is 3.26. The van der Waals surface area contributed by atoms with Crippen molar-refractivity contribution in [3.05, 3.63) is 28.5 Å². The van der Waals surface area contributed by atoms with E-state index in [1.54, 1.807) is 12.1 Å².